The predicted octanol–water partition coefficient (Wildman–Crippen LogP) is 2.32. The van der Waals surface area contributed by atoms with Crippen molar-refractivity contribution in [1.82, 2.24) is 19.1 Å². The van der Waals surface area contributed by atoms with E-state index in [1.165, 1.54) is 22.8 Å². The van der Waals surface area contributed by atoms with Gasteiger partial charge in [0.05, 0.1) is 6.20 Å². The fraction of sp³-hybridized carbons (Fsp3) is 0.545. The Kier molecular flexibility index (Phi) is 3.42. The second kappa shape index (κ2) is 4.83. The van der Waals surface area contributed by atoms with E-state index in [1.54, 1.807) is 0 Å². The number of nitrogens with one attached hydrogen (secondary N) is 1. The lowest BCUT2D eigenvalue weighted by Crippen LogP contribution is -2.01. The van der Waals surface area contributed by atoms with Gasteiger partial charge in [0.2, 0.25) is 5.13 Å². The number of hydrogen-bond donors (Lipinski definition) is 1. The van der Waals surface area contributed by atoms with Crippen molar-refractivity contribution in [2.24, 2.45) is 7.05 Å². The molecule has 0 saturated heterocycles. The highest BCUT2D eigenvalue weighted by molar-refractivity contribution is 7.09. The predicted molar refractivity (Wildman–Crippen MR) is 69.3 cm³/mol. The summed E-state index contributed by atoms with van der Waals surface area (Å²) in [4.78, 5) is 4.43. The Morgan fingerprint density at radius 1 is 1.47 bits per heavy atom. The van der Waals surface area contributed by atoms with E-state index in [0.29, 0.717) is 5.92 Å². The summed E-state index contributed by atoms with van der Waals surface area (Å²) < 4.78 is 6.17. The van der Waals surface area contributed by atoms with Crippen molar-refractivity contribution in [2.45, 2.75) is 33.2 Å². The van der Waals surface area contributed by atoms with Crippen molar-refractivity contribution >= 4 is 16.7 Å². The van der Waals surface area contributed by atoms with Crippen molar-refractivity contribution in [3.8, 4) is 0 Å². The highest BCUT2D eigenvalue weighted by Crippen LogP contribution is 2.18. The van der Waals surface area contributed by atoms with E-state index in [9.17, 15) is 0 Å². The van der Waals surface area contributed by atoms with Gasteiger partial charge >= 0.3 is 0 Å². The molecule has 2 rings (SSSR count). The summed E-state index contributed by atoms with van der Waals surface area (Å²) in [6.45, 7) is 6.99. The van der Waals surface area contributed by atoms with Crippen molar-refractivity contribution in [2.75, 3.05) is 5.32 Å². The number of anilines is 1. The third kappa shape index (κ3) is 2.63. The summed E-state index contributed by atoms with van der Waals surface area (Å²) in [5.41, 5.74) is 2.36. The van der Waals surface area contributed by atoms with E-state index >= 15 is 0 Å². The Morgan fingerprint density at radius 3 is 2.76 bits per heavy atom. The highest BCUT2D eigenvalue weighted by Gasteiger charge is 2.08. The zero-order valence-corrected chi connectivity index (χ0v) is 11.4. The maximum atomic E-state index is 4.43. The van der Waals surface area contributed by atoms with Gasteiger partial charge in [-0.25, -0.2) is 4.98 Å². The number of aromatic nitrogens is 4. The van der Waals surface area contributed by atoms with E-state index in [0.717, 1.165) is 17.5 Å². The zero-order valence-electron chi connectivity index (χ0n) is 10.6. The van der Waals surface area contributed by atoms with Gasteiger partial charge in [-0.15, -0.1) is 0 Å². The van der Waals surface area contributed by atoms with Crippen molar-refractivity contribution in [1.29, 1.82) is 0 Å². The van der Waals surface area contributed by atoms with Crippen LogP contribution in [0, 0.1) is 6.92 Å². The molecule has 2 aromatic rings. The first-order chi connectivity index (χ1) is 8.08. The minimum absolute atomic E-state index is 0.377. The Labute approximate surface area is 105 Å². The summed E-state index contributed by atoms with van der Waals surface area (Å²) in [5.74, 6) is 1.28. The molecular weight excluding hydrogens is 234 g/mol. The van der Waals surface area contributed by atoms with Crippen LogP contribution in [0.4, 0.5) is 5.13 Å². The average molecular weight is 251 g/mol. The van der Waals surface area contributed by atoms with E-state index in [4.69, 9.17) is 0 Å². The summed E-state index contributed by atoms with van der Waals surface area (Å²) in [6.07, 6.45) is 1.88. The van der Waals surface area contributed by atoms with Crippen LogP contribution in [-0.4, -0.2) is 19.1 Å². The molecule has 1 N–H and O–H groups in total. The minimum atomic E-state index is 0.377. The molecule has 0 unspecified atom stereocenters. The Morgan fingerprint density at radius 2 is 2.24 bits per heavy atom. The van der Waals surface area contributed by atoms with Gasteiger partial charge in [0.15, 0.2) is 0 Å². The molecule has 0 atom stereocenters. The lowest BCUT2D eigenvalue weighted by atomic mass is 10.2. The topological polar surface area (TPSA) is 55.6 Å². The second-order valence-electron chi connectivity index (χ2n) is 4.34. The van der Waals surface area contributed by atoms with Gasteiger partial charge < -0.3 is 5.32 Å². The lowest BCUT2D eigenvalue weighted by Gasteiger charge is -2.01. The molecule has 17 heavy (non-hydrogen) atoms. The van der Waals surface area contributed by atoms with Crippen LogP contribution in [0.15, 0.2) is 6.20 Å². The molecule has 6 heteroatoms. The van der Waals surface area contributed by atoms with Crippen LogP contribution in [-0.2, 0) is 13.6 Å². The average Bonchev–Trinajstić information content (AvgIpc) is 2.86. The largest absolute Gasteiger partial charge is 0.356 e. The van der Waals surface area contributed by atoms with E-state index in [1.807, 2.05) is 17.9 Å². The molecular formula is C11H17N5S. The zero-order chi connectivity index (χ0) is 12.4. The molecule has 2 aromatic heterocycles. The number of aryl methyl sites for hydroxylation is 1. The molecule has 0 aliphatic rings. The monoisotopic (exact) mass is 251 g/mol. The fourth-order valence-electron chi connectivity index (χ4n) is 1.43. The maximum Gasteiger partial charge on any atom is 0.202 e. The SMILES string of the molecule is Cc1c(CNc2nc(C(C)C)ns2)cnn1C. The van der Waals surface area contributed by atoms with Gasteiger partial charge in [-0.1, -0.05) is 13.8 Å². The molecule has 0 bridgehead atoms. The molecule has 0 spiro atoms. The summed E-state index contributed by atoms with van der Waals surface area (Å²) >= 11 is 1.41. The van der Waals surface area contributed by atoms with Gasteiger partial charge in [0.25, 0.3) is 0 Å². The molecule has 92 valence electrons. The summed E-state index contributed by atoms with van der Waals surface area (Å²) in [5, 5.41) is 8.36. The Hall–Kier alpha value is -1.43. The van der Waals surface area contributed by atoms with Crippen LogP contribution in [0.3, 0.4) is 0 Å². The van der Waals surface area contributed by atoms with Gasteiger partial charge in [-0.2, -0.15) is 9.47 Å². The summed E-state index contributed by atoms with van der Waals surface area (Å²) in [6, 6.07) is 0. The van der Waals surface area contributed by atoms with Gasteiger partial charge in [0.1, 0.15) is 5.82 Å². The quantitative estimate of drug-likeness (QED) is 0.906. The molecule has 0 aliphatic heterocycles. The van der Waals surface area contributed by atoms with Crippen LogP contribution in [0.1, 0.15) is 36.8 Å². The van der Waals surface area contributed by atoms with Gasteiger partial charge in [-0.3, -0.25) is 4.68 Å². The first-order valence-electron chi connectivity index (χ1n) is 5.63. The van der Waals surface area contributed by atoms with Crippen molar-refractivity contribution in [3.05, 3.63) is 23.3 Å². The first kappa shape index (κ1) is 12.0. The Bertz CT molecular complexity index is 500. The molecule has 0 fully saturated rings. The minimum Gasteiger partial charge on any atom is -0.356 e. The summed E-state index contributed by atoms with van der Waals surface area (Å²) in [7, 11) is 1.95. The molecule has 0 amide bonds. The molecule has 5 nitrogen and oxygen atoms in total. The van der Waals surface area contributed by atoms with Crippen molar-refractivity contribution < 1.29 is 0 Å². The number of hydrogen-bond acceptors (Lipinski definition) is 5. The molecule has 0 aliphatic carbocycles. The maximum absolute atomic E-state index is 4.43. The van der Waals surface area contributed by atoms with Crippen LogP contribution in [0.25, 0.3) is 0 Å². The number of rotatable bonds is 4. The highest BCUT2D eigenvalue weighted by atomic mass is 32.1. The van der Waals surface area contributed by atoms with E-state index in [2.05, 4.69) is 40.5 Å². The van der Waals surface area contributed by atoms with Crippen LogP contribution >= 0.6 is 11.5 Å². The normalized spacial score (nSPS) is 11.1. The van der Waals surface area contributed by atoms with E-state index < -0.39 is 0 Å². The first-order valence-corrected chi connectivity index (χ1v) is 6.40. The molecule has 0 aromatic carbocycles. The fourth-order valence-corrected chi connectivity index (χ4v) is 2.13. The molecule has 0 radical (unpaired) electrons. The van der Waals surface area contributed by atoms with Crippen LogP contribution in [0.2, 0.25) is 0 Å². The second-order valence-corrected chi connectivity index (χ2v) is 5.10. The lowest BCUT2D eigenvalue weighted by molar-refractivity contribution is 0.738. The van der Waals surface area contributed by atoms with Crippen LogP contribution < -0.4 is 5.32 Å². The van der Waals surface area contributed by atoms with Gasteiger partial charge in [-0.05, 0) is 6.92 Å². The smallest absolute Gasteiger partial charge is 0.202 e. The molecule has 0 saturated carbocycles. The third-order valence-corrected chi connectivity index (χ3v) is 3.41. The standard InChI is InChI=1S/C11H17N5S/c1-7(2)10-14-11(17-15-10)12-5-9-6-13-16(4)8(9)3/h6-7H,5H2,1-4H3,(H,12,14,15). The van der Waals surface area contributed by atoms with Crippen LogP contribution in [0.5, 0.6) is 0 Å². The van der Waals surface area contributed by atoms with Crippen molar-refractivity contribution in [3.63, 3.8) is 0 Å². The number of nitrogens with zero attached hydrogens (tertiary/aromatic N) is 4. The van der Waals surface area contributed by atoms with Gasteiger partial charge in [0, 0.05) is 42.3 Å². The van der Waals surface area contributed by atoms with E-state index in [-0.39, 0.29) is 0 Å². The molecule has 2 heterocycles. The Balaban J connectivity index is 2.00. The third-order valence-electron chi connectivity index (χ3n) is 2.73.